The second kappa shape index (κ2) is 12.2. The maximum Gasteiger partial charge on any atom is 0.326 e. The Hall–Kier alpha value is -3.84. The van der Waals surface area contributed by atoms with Gasteiger partial charge >= 0.3 is 5.97 Å². The molecule has 3 rings (SSSR count). The summed E-state index contributed by atoms with van der Waals surface area (Å²) < 4.78 is 0. The third-order valence-electron chi connectivity index (χ3n) is 5.61. The number of rotatable bonds is 12. The topological polar surface area (TPSA) is 195 Å². The summed E-state index contributed by atoms with van der Waals surface area (Å²) in [4.78, 5) is 59.3. The zero-order chi connectivity index (χ0) is 26.2. The van der Waals surface area contributed by atoms with Gasteiger partial charge in [0.1, 0.15) is 18.1 Å². The Bertz CT molecular complexity index is 1210. The Morgan fingerprint density at radius 1 is 1.03 bits per heavy atom. The second-order valence-corrected chi connectivity index (χ2v) is 8.69. The molecule has 0 aliphatic rings. The number of carboxylic acids is 1. The van der Waals surface area contributed by atoms with E-state index in [4.69, 9.17) is 5.73 Å². The fraction of sp³-hybridized carbons (Fsp3) is 0.348. The van der Waals surface area contributed by atoms with E-state index >= 15 is 0 Å². The van der Waals surface area contributed by atoms with Crippen molar-refractivity contribution in [2.75, 3.05) is 5.75 Å². The summed E-state index contributed by atoms with van der Waals surface area (Å²) in [6.45, 7) is 1.42. The highest BCUT2D eigenvalue weighted by molar-refractivity contribution is 7.80. The van der Waals surface area contributed by atoms with E-state index in [0.717, 1.165) is 16.5 Å². The summed E-state index contributed by atoms with van der Waals surface area (Å²) in [6, 6.07) is 3.16. The highest BCUT2D eigenvalue weighted by Gasteiger charge is 2.28. The molecule has 0 spiro atoms. The summed E-state index contributed by atoms with van der Waals surface area (Å²) in [5.74, 6) is -3.16. The zero-order valence-electron chi connectivity index (χ0n) is 19.5. The van der Waals surface area contributed by atoms with Crippen LogP contribution in [0.2, 0.25) is 0 Å². The van der Waals surface area contributed by atoms with E-state index in [0.29, 0.717) is 5.69 Å². The van der Waals surface area contributed by atoms with E-state index in [1.165, 1.54) is 13.3 Å². The van der Waals surface area contributed by atoms with Crippen LogP contribution in [0.4, 0.5) is 0 Å². The molecule has 0 aliphatic carbocycles. The van der Waals surface area contributed by atoms with E-state index in [2.05, 4.69) is 43.5 Å². The molecule has 0 radical (unpaired) electrons. The minimum absolute atomic E-state index is 0.0407. The number of carbonyl (C=O) groups is 4. The lowest BCUT2D eigenvalue weighted by Crippen LogP contribution is -2.57. The minimum Gasteiger partial charge on any atom is -0.480 e. The standard InChI is InChI=1S/C23H29N7O5S/c1-12(28-22(33)19(10-36)30-21(32)16(24)7-14-9-25-11-27-14)20(31)29-18(23(34)35)6-13-8-26-17-5-3-2-4-15(13)17/h2-5,8-9,11-12,16,18-19,26,36H,6-7,10,24H2,1H3,(H,25,27)(H,28,33)(H,29,31)(H,30,32)(H,34,35). The highest BCUT2D eigenvalue weighted by atomic mass is 32.1. The van der Waals surface area contributed by atoms with Crippen LogP contribution < -0.4 is 21.7 Å². The number of carboxylic acid groups (broad SMARTS) is 1. The van der Waals surface area contributed by atoms with Gasteiger partial charge in [-0.3, -0.25) is 14.4 Å². The van der Waals surface area contributed by atoms with Gasteiger partial charge in [0.2, 0.25) is 17.7 Å². The van der Waals surface area contributed by atoms with E-state index < -0.39 is 47.9 Å². The quantitative estimate of drug-likeness (QED) is 0.149. The predicted octanol–water partition coefficient (Wildman–Crippen LogP) is -0.508. The van der Waals surface area contributed by atoms with Crippen LogP contribution in [0.3, 0.4) is 0 Å². The maximum atomic E-state index is 12.7. The number of imidazole rings is 1. The Morgan fingerprint density at radius 2 is 1.75 bits per heavy atom. The van der Waals surface area contributed by atoms with E-state index in [1.807, 2.05) is 24.3 Å². The van der Waals surface area contributed by atoms with Crippen LogP contribution in [0.5, 0.6) is 0 Å². The Kier molecular flexibility index (Phi) is 9.08. The molecule has 0 saturated heterocycles. The second-order valence-electron chi connectivity index (χ2n) is 8.32. The number of aliphatic carboxylic acids is 1. The van der Waals surface area contributed by atoms with Gasteiger partial charge in [-0.15, -0.1) is 0 Å². The molecule has 1 aromatic carbocycles. The van der Waals surface area contributed by atoms with Crippen molar-refractivity contribution in [3.63, 3.8) is 0 Å². The van der Waals surface area contributed by atoms with Crippen LogP contribution >= 0.6 is 12.6 Å². The van der Waals surface area contributed by atoms with Crippen molar-refractivity contribution in [2.45, 2.75) is 43.9 Å². The zero-order valence-corrected chi connectivity index (χ0v) is 20.4. The van der Waals surface area contributed by atoms with Crippen LogP contribution in [0.15, 0.2) is 43.0 Å². The van der Waals surface area contributed by atoms with Gasteiger partial charge in [0.15, 0.2) is 0 Å². The number of carbonyl (C=O) groups excluding carboxylic acids is 3. The van der Waals surface area contributed by atoms with Gasteiger partial charge in [-0.25, -0.2) is 9.78 Å². The Labute approximate surface area is 212 Å². The van der Waals surface area contributed by atoms with Crippen molar-refractivity contribution in [1.82, 2.24) is 30.9 Å². The molecule has 8 N–H and O–H groups in total. The minimum atomic E-state index is -1.21. The van der Waals surface area contributed by atoms with E-state index in [1.54, 1.807) is 12.4 Å². The molecule has 192 valence electrons. The number of nitrogens with one attached hydrogen (secondary N) is 5. The number of benzene rings is 1. The molecule has 0 fully saturated rings. The van der Waals surface area contributed by atoms with Crippen molar-refractivity contribution in [2.24, 2.45) is 5.73 Å². The normalized spacial score (nSPS) is 14.4. The lowest BCUT2D eigenvalue weighted by molar-refractivity contribution is -0.142. The SMILES string of the molecule is CC(NC(=O)C(CS)NC(=O)C(N)Cc1cnc[nH]1)C(=O)NC(Cc1c[nH]c2ccccc12)C(=O)O. The van der Waals surface area contributed by atoms with Crippen LogP contribution in [0.1, 0.15) is 18.2 Å². The summed E-state index contributed by atoms with van der Waals surface area (Å²) in [5, 5.41) is 18.0. The number of fused-ring (bicyclic) bond motifs is 1. The van der Waals surface area contributed by atoms with Gasteiger partial charge in [0.25, 0.3) is 0 Å². The van der Waals surface area contributed by atoms with Crippen molar-refractivity contribution in [3.8, 4) is 0 Å². The molecule has 13 heteroatoms. The number of nitrogens with two attached hydrogens (primary N) is 1. The van der Waals surface area contributed by atoms with Gasteiger partial charge < -0.3 is 36.8 Å². The van der Waals surface area contributed by atoms with Gasteiger partial charge in [-0.2, -0.15) is 12.6 Å². The van der Waals surface area contributed by atoms with Crippen LogP contribution in [-0.2, 0) is 32.0 Å². The lowest BCUT2D eigenvalue weighted by atomic mass is 10.0. The lowest BCUT2D eigenvalue weighted by Gasteiger charge is -2.22. The number of thiol groups is 1. The number of hydrogen-bond acceptors (Lipinski definition) is 7. The van der Waals surface area contributed by atoms with Crippen LogP contribution in [-0.4, -0.2) is 73.7 Å². The predicted molar refractivity (Wildman–Crippen MR) is 135 cm³/mol. The molecular weight excluding hydrogens is 486 g/mol. The van der Waals surface area contributed by atoms with Crippen molar-refractivity contribution >= 4 is 47.2 Å². The third-order valence-corrected chi connectivity index (χ3v) is 5.98. The fourth-order valence-corrected chi connectivity index (χ4v) is 3.85. The molecule has 0 saturated carbocycles. The maximum absolute atomic E-state index is 12.7. The number of aromatic amines is 2. The van der Waals surface area contributed by atoms with Gasteiger partial charge in [-0.1, -0.05) is 18.2 Å². The van der Waals surface area contributed by atoms with Crippen LogP contribution in [0.25, 0.3) is 10.9 Å². The van der Waals surface area contributed by atoms with Crippen LogP contribution in [0, 0.1) is 0 Å². The van der Waals surface area contributed by atoms with Gasteiger partial charge in [0.05, 0.1) is 12.4 Å². The summed E-state index contributed by atoms with van der Waals surface area (Å²) in [6.07, 6.45) is 4.95. The fourth-order valence-electron chi connectivity index (χ4n) is 3.60. The number of amides is 3. The van der Waals surface area contributed by atoms with Gasteiger partial charge in [-0.05, 0) is 18.6 Å². The third kappa shape index (κ3) is 6.86. The number of H-pyrrole nitrogens is 2. The first-order valence-corrected chi connectivity index (χ1v) is 11.9. The van der Waals surface area contributed by atoms with Crippen molar-refractivity contribution < 1.29 is 24.3 Å². The number of hydrogen-bond donors (Lipinski definition) is 8. The molecule has 3 aromatic rings. The van der Waals surface area contributed by atoms with Gasteiger partial charge in [0, 0.05) is 47.6 Å². The molecule has 4 atom stereocenters. The molecular formula is C23H29N7O5S. The molecule has 36 heavy (non-hydrogen) atoms. The molecule has 3 amide bonds. The monoisotopic (exact) mass is 515 g/mol. The molecule has 0 bridgehead atoms. The molecule has 0 aliphatic heterocycles. The van der Waals surface area contributed by atoms with Crippen molar-refractivity contribution in [3.05, 3.63) is 54.2 Å². The van der Waals surface area contributed by atoms with Crippen molar-refractivity contribution in [1.29, 1.82) is 0 Å². The number of aromatic nitrogens is 3. The van der Waals surface area contributed by atoms with E-state index in [-0.39, 0.29) is 18.6 Å². The number of nitrogens with zero attached hydrogens (tertiary/aromatic N) is 1. The first-order valence-electron chi connectivity index (χ1n) is 11.2. The summed E-state index contributed by atoms with van der Waals surface area (Å²) in [7, 11) is 0. The summed E-state index contributed by atoms with van der Waals surface area (Å²) >= 11 is 4.11. The largest absolute Gasteiger partial charge is 0.480 e. The average molecular weight is 516 g/mol. The molecule has 2 aromatic heterocycles. The average Bonchev–Trinajstić information content (AvgIpc) is 3.51. The smallest absolute Gasteiger partial charge is 0.326 e. The number of para-hydroxylation sites is 1. The molecule has 2 heterocycles. The Morgan fingerprint density at radius 3 is 2.42 bits per heavy atom. The highest BCUT2D eigenvalue weighted by Crippen LogP contribution is 2.19. The summed E-state index contributed by atoms with van der Waals surface area (Å²) in [5.41, 5.74) is 8.15. The Balaban J connectivity index is 1.55. The molecule has 12 nitrogen and oxygen atoms in total. The van der Waals surface area contributed by atoms with E-state index in [9.17, 15) is 24.3 Å². The molecule has 4 unspecified atom stereocenters. The first kappa shape index (κ1) is 26.8. The first-order chi connectivity index (χ1) is 17.2.